The molecule has 0 radical (unpaired) electrons. The summed E-state index contributed by atoms with van der Waals surface area (Å²) in [5.41, 5.74) is 0.484. The third-order valence-electron chi connectivity index (χ3n) is 3.90. The summed E-state index contributed by atoms with van der Waals surface area (Å²) in [5.74, 6) is 0. The highest BCUT2D eigenvalue weighted by atomic mass is 16.5. The average molecular weight is 257 g/mol. The third kappa shape index (κ3) is 8.10. The summed E-state index contributed by atoms with van der Waals surface area (Å²) < 4.78 is 5.48. The molecule has 18 heavy (non-hydrogen) atoms. The number of rotatable bonds is 12. The van der Waals surface area contributed by atoms with Gasteiger partial charge in [0.1, 0.15) is 0 Å². The number of nitrogens with one attached hydrogen (secondary N) is 1. The van der Waals surface area contributed by atoms with E-state index in [4.69, 9.17) is 4.74 Å². The van der Waals surface area contributed by atoms with Crippen molar-refractivity contribution >= 4 is 0 Å². The molecule has 0 aromatic heterocycles. The first-order chi connectivity index (χ1) is 8.60. The molecule has 0 heterocycles. The molecule has 0 aliphatic rings. The largest absolute Gasteiger partial charge is 0.382 e. The number of ether oxygens (including phenoxy) is 1. The zero-order chi connectivity index (χ0) is 13.9. The molecule has 0 aromatic rings. The van der Waals surface area contributed by atoms with Gasteiger partial charge in [0.2, 0.25) is 0 Å². The van der Waals surface area contributed by atoms with Crippen molar-refractivity contribution in [2.75, 3.05) is 19.8 Å². The van der Waals surface area contributed by atoms with Crippen LogP contribution in [0.25, 0.3) is 0 Å². The highest BCUT2D eigenvalue weighted by molar-refractivity contribution is 4.81. The Morgan fingerprint density at radius 1 is 1.06 bits per heavy atom. The Hall–Kier alpha value is -0.0800. The van der Waals surface area contributed by atoms with Crippen molar-refractivity contribution in [1.82, 2.24) is 5.32 Å². The Labute approximate surface area is 115 Å². The summed E-state index contributed by atoms with van der Waals surface area (Å²) in [6.07, 6.45) is 7.77. The van der Waals surface area contributed by atoms with Crippen LogP contribution in [0, 0.1) is 5.41 Å². The molecule has 0 aromatic carbocycles. The predicted octanol–water partition coefficient (Wildman–Crippen LogP) is 4.39. The molecule has 0 amide bonds. The molecule has 1 atom stereocenters. The molecule has 0 saturated carbocycles. The summed E-state index contributed by atoms with van der Waals surface area (Å²) >= 11 is 0. The van der Waals surface area contributed by atoms with Gasteiger partial charge in [-0.25, -0.2) is 0 Å². The standard InChI is InChI=1S/C16H35NO/c1-6-9-11-16(7-2,14-17-15(4)5)12-10-13-18-8-3/h15,17H,6-14H2,1-5H3. The summed E-state index contributed by atoms with van der Waals surface area (Å²) in [6, 6.07) is 0.587. The fourth-order valence-electron chi connectivity index (χ4n) is 2.45. The van der Waals surface area contributed by atoms with E-state index < -0.39 is 0 Å². The molecular formula is C16H35NO. The van der Waals surface area contributed by atoms with Gasteiger partial charge in [-0.3, -0.25) is 0 Å². The molecule has 0 aliphatic carbocycles. The van der Waals surface area contributed by atoms with Crippen molar-refractivity contribution in [3.63, 3.8) is 0 Å². The number of hydrogen-bond acceptors (Lipinski definition) is 2. The van der Waals surface area contributed by atoms with E-state index in [9.17, 15) is 0 Å². The lowest BCUT2D eigenvalue weighted by Crippen LogP contribution is -2.37. The third-order valence-corrected chi connectivity index (χ3v) is 3.90. The van der Waals surface area contributed by atoms with Gasteiger partial charge < -0.3 is 10.1 Å². The minimum Gasteiger partial charge on any atom is -0.382 e. The summed E-state index contributed by atoms with van der Waals surface area (Å²) in [6.45, 7) is 14.1. The Bertz CT molecular complexity index is 182. The Balaban J connectivity index is 4.24. The molecule has 0 aliphatic heterocycles. The van der Waals surface area contributed by atoms with Crippen molar-refractivity contribution in [3.8, 4) is 0 Å². The van der Waals surface area contributed by atoms with Crippen LogP contribution in [-0.4, -0.2) is 25.8 Å². The van der Waals surface area contributed by atoms with Gasteiger partial charge in [-0.15, -0.1) is 0 Å². The normalized spacial score (nSPS) is 15.0. The van der Waals surface area contributed by atoms with Gasteiger partial charge in [0, 0.05) is 25.8 Å². The molecule has 0 rings (SSSR count). The van der Waals surface area contributed by atoms with Crippen LogP contribution >= 0.6 is 0 Å². The fourth-order valence-corrected chi connectivity index (χ4v) is 2.45. The molecular weight excluding hydrogens is 222 g/mol. The van der Waals surface area contributed by atoms with E-state index in [-0.39, 0.29) is 0 Å². The van der Waals surface area contributed by atoms with Crippen LogP contribution in [0.2, 0.25) is 0 Å². The van der Waals surface area contributed by atoms with Crippen LogP contribution in [0.1, 0.15) is 73.1 Å². The van der Waals surface area contributed by atoms with Crippen molar-refractivity contribution in [2.45, 2.75) is 79.2 Å². The average Bonchev–Trinajstić information content (AvgIpc) is 2.37. The number of unbranched alkanes of at least 4 members (excludes halogenated alkanes) is 1. The maximum Gasteiger partial charge on any atom is 0.0466 e. The van der Waals surface area contributed by atoms with Gasteiger partial charge in [-0.2, -0.15) is 0 Å². The van der Waals surface area contributed by atoms with Gasteiger partial charge in [0.05, 0.1) is 0 Å². The van der Waals surface area contributed by atoms with Crippen LogP contribution in [0.4, 0.5) is 0 Å². The first kappa shape index (κ1) is 17.9. The van der Waals surface area contributed by atoms with E-state index in [0.717, 1.165) is 19.8 Å². The Kier molecular flexibility index (Phi) is 10.8. The van der Waals surface area contributed by atoms with Crippen LogP contribution in [0.15, 0.2) is 0 Å². The van der Waals surface area contributed by atoms with Crippen molar-refractivity contribution in [1.29, 1.82) is 0 Å². The highest BCUT2D eigenvalue weighted by Crippen LogP contribution is 2.33. The lowest BCUT2D eigenvalue weighted by Gasteiger charge is -2.34. The minimum absolute atomic E-state index is 0.484. The van der Waals surface area contributed by atoms with Gasteiger partial charge >= 0.3 is 0 Å². The molecule has 2 heteroatoms. The summed E-state index contributed by atoms with van der Waals surface area (Å²) in [7, 11) is 0. The van der Waals surface area contributed by atoms with Gasteiger partial charge in [0.25, 0.3) is 0 Å². The lowest BCUT2D eigenvalue weighted by molar-refractivity contribution is 0.119. The topological polar surface area (TPSA) is 21.3 Å². The summed E-state index contributed by atoms with van der Waals surface area (Å²) in [5, 5.41) is 3.65. The fraction of sp³-hybridized carbons (Fsp3) is 1.00. The van der Waals surface area contributed by atoms with Gasteiger partial charge in [-0.05, 0) is 38.0 Å². The van der Waals surface area contributed by atoms with Crippen molar-refractivity contribution < 1.29 is 4.74 Å². The van der Waals surface area contributed by atoms with Crippen LogP contribution in [-0.2, 0) is 4.74 Å². The van der Waals surface area contributed by atoms with Gasteiger partial charge in [0.15, 0.2) is 0 Å². The smallest absolute Gasteiger partial charge is 0.0466 e. The van der Waals surface area contributed by atoms with E-state index in [0.29, 0.717) is 11.5 Å². The van der Waals surface area contributed by atoms with E-state index >= 15 is 0 Å². The SMILES string of the molecule is CCCCC(CC)(CCCOCC)CNC(C)C. The van der Waals surface area contributed by atoms with E-state index in [1.807, 2.05) is 0 Å². The Morgan fingerprint density at radius 3 is 2.22 bits per heavy atom. The molecule has 0 bridgehead atoms. The quantitative estimate of drug-likeness (QED) is 0.524. The maximum absolute atomic E-state index is 5.48. The lowest BCUT2D eigenvalue weighted by atomic mass is 9.76. The maximum atomic E-state index is 5.48. The first-order valence-electron chi connectivity index (χ1n) is 7.91. The zero-order valence-corrected chi connectivity index (χ0v) is 13.3. The molecule has 2 nitrogen and oxygen atoms in total. The van der Waals surface area contributed by atoms with Crippen LogP contribution in [0.3, 0.4) is 0 Å². The molecule has 0 fully saturated rings. The first-order valence-corrected chi connectivity index (χ1v) is 7.91. The van der Waals surface area contributed by atoms with E-state index in [1.165, 1.54) is 38.5 Å². The molecule has 0 saturated heterocycles. The second-order valence-corrected chi connectivity index (χ2v) is 5.79. The zero-order valence-electron chi connectivity index (χ0n) is 13.3. The Morgan fingerprint density at radius 2 is 1.72 bits per heavy atom. The monoisotopic (exact) mass is 257 g/mol. The highest BCUT2D eigenvalue weighted by Gasteiger charge is 2.26. The van der Waals surface area contributed by atoms with Crippen molar-refractivity contribution in [3.05, 3.63) is 0 Å². The molecule has 1 N–H and O–H groups in total. The number of hydrogen-bond donors (Lipinski definition) is 1. The second kappa shape index (κ2) is 10.8. The predicted molar refractivity (Wildman–Crippen MR) is 81.1 cm³/mol. The van der Waals surface area contributed by atoms with Crippen LogP contribution < -0.4 is 5.32 Å². The van der Waals surface area contributed by atoms with E-state index in [2.05, 4.69) is 39.9 Å². The van der Waals surface area contributed by atoms with Crippen molar-refractivity contribution in [2.24, 2.45) is 5.41 Å². The molecule has 110 valence electrons. The molecule has 0 spiro atoms. The van der Waals surface area contributed by atoms with E-state index in [1.54, 1.807) is 0 Å². The second-order valence-electron chi connectivity index (χ2n) is 5.79. The van der Waals surface area contributed by atoms with Crippen LogP contribution in [0.5, 0.6) is 0 Å². The van der Waals surface area contributed by atoms with Gasteiger partial charge in [-0.1, -0.05) is 40.5 Å². The minimum atomic E-state index is 0.484. The molecule has 1 unspecified atom stereocenters. The summed E-state index contributed by atoms with van der Waals surface area (Å²) in [4.78, 5) is 0.